The van der Waals surface area contributed by atoms with Crippen molar-refractivity contribution in [3.8, 4) is 0 Å². The van der Waals surface area contributed by atoms with Gasteiger partial charge in [0.25, 0.3) is 0 Å². The van der Waals surface area contributed by atoms with E-state index >= 15 is 0 Å². The molecule has 2 aromatic rings. The highest BCUT2D eigenvalue weighted by Crippen LogP contribution is 2.25. The van der Waals surface area contributed by atoms with Crippen molar-refractivity contribution in [2.45, 2.75) is 25.5 Å². The van der Waals surface area contributed by atoms with Gasteiger partial charge in [0.2, 0.25) is 0 Å². The lowest BCUT2D eigenvalue weighted by Crippen LogP contribution is -2.37. The number of anilines is 1. The molecule has 0 radical (unpaired) electrons. The Hall–Kier alpha value is -1.65. The number of hydrogen-bond donors (Lipinski definition) is 2. The molecule has 4 heteroatoms. The zero-order valence-electron chi connectivity index (χ0n) is 10.9. The van der Waals surface area contributed by atoms with E-state index in [1.54, 1.807) is 0 Å². The highest BCUT2D eigenvalue weighted by Gasteiger charge is 2.20. The molecule has 0 aliphatic carbocycles. The van der Waals surface area contributed by atoms with Gasteiger partial charge in [-0.15, -0.1) is 0 Å². The summed E-state index contributed by atoms with van der Waals surface area (Å²) in [7, 11) is 0. The maximum atomic E-state index is 9.60. The minimum absolute atomic E-state index is 0.168. The summed E-state index contributed by atoms with van der Waals surface area (Å²) in [5.41, 5.74) is 7.94. The number of hydrogen-bond acceptors (Lipinski definition) is 4. The Kier molecular flexibility index (Phi) is 3.36. The van der Waals surface area contributed by atoms with Gasteiger partial charge in [-0.05, 0) is 25.0 Å². The number of nitrogens with two attached hydrogens (primary N) is 1. The van der Waals surface area contributed by atoms with Crippen LogP contribution in [-0.4, -0.2) is 29.3 Å². The summed E-state index contributed by atoms with van der Waals surface area (Å²) in [5.74, 6) is 0.980. The van der Waals surface area contributed by atoms with E-state index in [1.165, 1.54) is 0 Å². The van der Waals surface area contributed by atoms with Crippen molar-refractivity contribution >= 4 is 16.7 Å². The number of rotatable bonds is 2. The first-order chi connectivity index (χ1) is 9.28. The van der Waals surface area contributed by atoms with E-state index in [0.717, 1.165) is 48.2 Å². The van der Waals surface area contributed by atoms with Crippen molar-refractivity contribution < 1.29 is 5.11 Å². The summed E-state index contributed by atoms with van der Waals surface area (Å²) in [6.45, 7) is 2.19. The lowest BCUT2D eigenvalue weighted by Gasteiger charge is -2.32. The second-order valence-corrected chi connectivity index (χ2v) is 5.09. The van der Waals surface area contributed by atoms with Crippen LogP contribution in [0.4, 0.5) is 5.82 Å². The van der Waals surface area contributed by atoms with E-state index in [4.69, 9.17) is 10.7 Å². The fourth-order valence-electron chi connectivity index (χ4n) is 2.65. The number of aliphatic hydroxyl groups excluding tert-OH is 1. The van der Waals surface area contributed by atoms with Gasteiger partial charge in [-0.3, -0.25) is 0 Å². The number of benzene rings is 1. The van der Waals surface area contributed by atoms with Gasteiger partial charge in [0.15, 0.2) is 0 Å². The van der Waals surface area contributed by atoms with Crippen LogP contribution in [0, 0.1) is 0 Å². The first-order valence-corrected chi connectivity index (χ1v) is 6.79. The van der Waals surface area contributed by atoms with Crippen LogP contribution in [0.25, 0.3) is 10.9 Å². The van der Waals surface area contributed by atoms with Gasteiger partial charge in [-0.25, -0.2) is 4.98 Å². The molecule has 2 heterocycles. The number of aromatic nitrogens is 1. The molecule has 0 spiro atoms. The number of piperidine rings is 1. The van der Waals surface area contributed by atoms with E-state index in [9.17, 15) is 5.11 Å². The van der Waals surface area contributed by atoms with Gasteiger partial charge >= 0.3 is 0 Å². The molecule has 100 valence electrons. The average Bonchev–Trinajstić information content (AvgIpc) is 2.46. The fraction of sp³-hybridized carbons (Fsp3) is 0.400. The van der Waals surface area contributed by atoms with E-state index < -0.39 is 0 Å². The summed E-state index contributed by atoms with van der Waals surface area (Å²) < 4.78 is 0. The summed E-state index contributed by atoms with van der Waals surface area (Å²) in [5, 5.41) is 10.7. The van der Waals surface area contributed by atoms with Crippen molar-refractivity contribution in [3.63, 3.8) is 0 Å². The zero-order valence-corrected chi connectivity index (χ0v) is 10.9. The topological polar surface area (TPSA) is 62.4 Å². The van der Waals surface area contributed by atoms with Crippen LogP contribution in [0.15, 0.2) is 30.3 Å². The van der Waals surface area contributed by atoms with Crippen molar-refractivity contribution in [2.75, 3.05) is 18.0 Å². The molecule has 1 fully saturated rings. The lowest BCUT2D eigenvalue weighted by atomic mass is 10.1. The highest BCUT2D eigenvalue weighted by atomic mass is 16.3. The first kappa shape index (κ1) is 12.4. The zero-order chi connectivity index (χ0) is 13.2. The van der Waals surface area contributed by atoms with Gasteiger partial charge in [-0.2, -0.15) is 0 Å². The van der Waals surface area contributed by atoms with Crippen molar-refractivity contribution in [2.24, 2.45) is 5.73 Å². The van der Waals surface area contributed by atoms with Gasteiger partial charge < -0.3 is 15.7 Å². The second kappa shape index (κ2) is 5.15. The number of pyridine rings is 1. The highest BCUT2D eigenvalue weighted by molar-refractivity contribution is 5.81. The molecule has 19 heavy (non-hydrogen) atoms. The van der Waals surface area contributed by atoms with Crippen LogP contribution in [0.2, 0.25) is 0 Å². The van der Waals surface area contributed by atoms with Crippen LogP contribution < -0.4 is 10.6 Å². The molecule has 0 unspecified atom stereocenters. The molecule has 4 nitrogen and oxygen atoms in total. The minimum atomic E-state index is -0.168. The van der Waals surface area contributed by atoms with Crippen LogP contribution in [0.1, 0.15) is 18.4 Å². The molecule has 1 aromatic heterocycles. The summed E-state index contributed by atoms with van der Waals surface area (Å²) in [6.07, 6.45) is 1.44. The molecule has 1 aromatic carbocycles. The molecular formula is C15H19N3O. The molecule has 0 amide bonds. The van der Waals surface area contributed by atoms with Crippen molar-refractivity contribution in [1.82, 2.24) is 4.98 Å². The number of fused-ring (bicyclic) bond motifs is 1. The molecule has 1 aliphatic heterocycles. The third kappa shape index (κ3) is 2.41. The monoisotopic (exact) mass is 257 g/mol. The summed E-state index contributed by atoms with van der Waals surface area (Å²) in [4.78, 5) is 7.00. The van der Waals surface area contributed by atoms with Gasteiger partial charge in [-0.1, -0.05) is 18.2 Å². The van der Waals surface area contributed by atoms with Crippen LogP contribution in [0.5, 0.6) is 0 Å². The Balaban J connectivity index is 2.01. The van der Waals surface area contributed by atoms with E-state index in [-0.39, 0.29) is 6.10 Å². The molecule has 3 rings (SSSR count). The number of para-hydroxylation sites is 1. The molecule has 1 saturated heterocycles. The Bertz CT molecular complexity index is 577. The van der Waals surface area contributed by atoms with Crippen LogP contribution in [0.3, 0.4) is 0 Å². The Morgan fingerprint density at radius 3 is 2.74 bits per heavy atom. The standard InChI is InChI=1S/C15H19N3O/c16-10-12-9-11-3-1-2-4-14(11)17-15(12)18-7-5-13(19)6-8-18/h1-4,9,13,19H,5-8,10,16H2. The number of nitrogens with zero attached hydrogens (tertiary/aromatic N) is 2. The Morgan fingerprint density at radius 1 is 1.26 bits per heavy atom. The SMILES string of the molecule is NCc1cc2ccccc2nc1N1CCC(O)CC1. The van der Waals surface area contributed by atoms with E-state index in [0.29, 0.717) is 6.54 Å². The Morgan fingerprint density at radius 2 is 2.00 bits per heavy atom. The largest absolute Gasteiger partial charge is 0.393 e. The Labute approximate surface area is 112 Å². The normalized spacial score (nSPS) is 17.1. The maximum absolute atomic E-state index is 9.60. The summed E-state index contributed by atoms with van der Waals surface area (Å²) >= 11 is 0. The predicted octanol–water partition coefficient (Wildman–Crippen LogP) is 1.65. The molecule has 3 N–H and O–H groups in total. The lowest BCUT2D eigenvalue weighted by molar-refractivity contribution is 0.145. The second-order valence-electron chi connectivity index (χ2n) is 5.09. The fourth-order valence-corrected chi connectivity index (χ4v) is 2.65. The van der Waals surface area contributed by atoms with E-state index in [2.05, 4.69) is 17.0 Å². The predicted molar refractivity (Wildman–Crippen MR) is 77.1 cm³/mol. The summed E-state index contributed by atoms with van der Waals surface area (Å²) in [6, 6.07) is 10.2. The molecular weight excluding hydrogens is 238 g/mol. The van der Waals surface area contributed by atoms with Crippen molar-refractivity contribution in [3.05, 3.63) is 35.9 Å². The minimum Gasteiger partial charge on any atom is -0.393 e. The van der Waals surface area contributed by atoms with Crippen molar-refractivity contribution in [1.29, 1.82) is 0 Å². The van der Waals surface area contributed by atoms with E-state index in [1.807, 2.05) is 18.2 Å². The van der Waals surface area contributed by atoms with Crippen LogP contribution in [-0.2, 0) is 6.54 Å². The quantitative estimate of drug-likeness (QED) is 0.859. The van der Waals surface area contributed by atoms with Gasteiger partial charge in [0.1, 0.15) is 5.82 Å². The smallest absolute Gasteiger partial charge is 0.133 e. The maximum Gasteiger partial charge on any atom is 0.133 e. The van der Waals surface area contributed by atoms with Gasteiger partial charge in [0, 0.05) is 30.6 Å². The molecule has 0 saturated carbocycles. The van der Waals surface area contributed by atoms with Gasteiger partial charge in [0.05, 0.1) is 11.6 Å². The number of aliphatic hydroxyl groups is 1. The first-order valence-electron chi connectivity index (χ1n) is 6.79. The molecule has 1 aliphatic rings. The average molecular weight is 257 g/mol. The van der Waals surface area contributed by atoms with Crippen LogP contribution >= 0.6 is 0 Å². The third-order valence-corrected chi connectivity index (χ3v) is 3.76. The molecule has 0 bridgehead atoms. The molecule has 0 atom stereocenters. The third-order valence-electron chi connectivity index (χ3n) is 3.76.